The standard InChI is InChI=1S/C11H12F5NO2.ClH/c1-18-7-5-3-4-6(8(7)19-2)9(17)10(12,13)11(14,15)16;/h3-5,9H,17H2,1-2H3;1H/t9-;/m0./s1. The van der Waals surface area contributed by atoms with E-state index in [-0.39, 0.29) is 23.9 Å². The molecule has 0 spiro atoms. The molecule has 0 saturated heterocycles. The Morgan fingerprint density at radius 1 is 1.05 bits per heavy atom. The maximum Gasteiger partial charge on any atom is 0.455 e. The molecule has 0 saturated carbocycles. The number of halogens is 6. The van der Waals surface area contributed by atoms with Crippen molar-refractivity contribution in [3.8, 4) is 11.5 Å². The first kappa shape index (κ1) is 18.7. The molecule has 1 rings (SSSR count). The molecule has 0 aromatic heterocycles. The second-order valence-electron chi connectivity index (χ2n) is 3.68. The van der Waals surface area contributed by atoms with E-state index in [1.807, 2.05) is 0 Å². The van der Waals surface area contributed by atoms with Crippen molar-refractivity contribution in [2.24, 2.45) is 5.73 Å². The summed E-state index contributed by atoms with van der Waals surface area (Å²) < 4.78 is 72.9. The number of para-hydroxylation sites is 1. The molecule has 0 aliphatic heterocycles. The molecule has 1 aromatic rings. The number of alkyl halides is 5. The first-order valence-electron chi connectivity index (χ1n) is 5.07. The Labute approximate surface area is 118 Å². The molecule has 0 radical (unpaired) electrons. The highest BCUT2D eigenvalue weighted by atomic mass is 35.5. The molecular formula is C11H13ClF5NO2. The Morgan fingerprint density at radius 2 is 1.60 bits per heavy atom. The van der Waals surface area contributed by atoms with Gasteiger partial charge in [0.05, 0.1) is 14.2 Å². The van der Waals surface area contributed by atoms with E-state index in [1.165, 1.54) is 19.2 Å². The predicted molar refractivity (Wildman–Crippen MR) is 64.7 cm³/mol. The van der Waals surface area contributed by atoms with E-state index in [1.54, 1.807) is 0 Å². The highest BCUT2D eigenvalue weighted by Crippen LogP contribution is 2.46. The van der Waals surface area contributed by atoms with E-state index in [0.29, 0.717) is 0 Å². The summed E-state index contributed by atoms with van der Waals surface area (Å²) in [6.45, 7) is 0. The maximum absolute atomic E-state index is 13.2. The minimum absolute atomic E-state index is 0. The zero-order chi connectivity index (χ0) is 14.8. The van der Waals surface area contributed by atoms with Crippen molar-refractivity contribution in [2.45, 2.75) is 18.1 Å². The fourth-order valence-electron chi connectivity index (χ4n) is 1.53. The van der Waals surface area contributed by atoms with E-state index >= 15 is 0 Å². The minimum Gasteiger partial charge on any atom is -0.493 e. The Balaban J connectivity index is 0.00000361. The number of nitrogens with two attached hydrogens (primary N) is 1. The molecule has 0 aliphatic rings. The Morgan fingerprint density at radius 3 is 2.00 bits per heavy atom. The third kappa shape index (κ3) is 3.24. The van der Waals surface area contributed by atoms with Gasteiger partial charge in [-0.3, -0.25) is 0 Å². The van der Waals surface area contributed by atoms with Crippen LogP contribution in [0.4, 0.5) is 22.0 Å². The summed E-state index contributed by atoms with van der Waals surface area (Å²) in [7, 11) is 2.36. The SMILES string of the molecule is COc1cccc([C@H](N)C(F)(F)C(F)(F)F)c1OC.Cl. The van der Waals surface area contributed by atoms with Crippen LogP contribution in [0, 0.1) is 0 Å². The van der Waals surface area contributed by atoms with Crippen LogP contribution in [0.5, 0.6) is 11.5 Å². The van der Waals surface area contributed by atoms with Crippen LogP contribution in [0.2, 0.25) is 0 Å². The van der Waals surface area contributed by atoms with Crippen LogP contribution in [-0.4, -0.2) is 26.3 Å². The molecule has 0 aliphatic carbocycles. The van der Waals surface area contributed by atoms with Gasteiger partial charge in [0, 0.05) is 5.56 Å². The summed E-state index contributed by atoms with van der Waals surface area (Å²) in [6.07, 6.45) is -5.75. The first-order chi connectivity index (χ1) is 8.66. The molecule has 9 heteroatoms. The lowest BCUT2D eigenvalue weighted by molar-refractivity contribution is -0.291. The van der Waals surface area contributed by atoms with Crippen LogP contribution < -0.4 is 15.2 Å². The Hall–Kier alpha value is -1.28. The number of rotatable bonds is 4. The second kappa shape index (κ2) is 6.45. The topological polar surface area (TPSA) is 44.5 Å². The van der Waals surface area contributed by atoms with Gasteiger partial charge in [0.2, 0.25) is 0 Å². The van der Waals surface area contributed by atoms with Crippen LogP contribution >= 0.6 is 12.4 Å². The van der Waals surface area contributed by atoms with Gasteiger partial charge in [-0.2, -0.15) is 22.0 Å². The number of hydrogen-bond donors (Lipinski definition) is 1. The normalized spacial score (nSPS) is 13.4. The molecule has 0 bridgehead atoms. The average Bonchev–Trinajstić information content (AvgIpc) is 2.35. The van der Waals surface area contributed by atoms with Crippen molar-refractivity contribution in [3.63, 3.8) is 0 Å². The maximum atomic E-state index is 13.2. The molecule has 0 unspecified atom stereocenters. The highest BCUT2D eigenvalue weighted by Gasteiger charge is 2.62. The van der Waals surface area contributed by atoms with Crippen LogP contribution in [0.1, 0.15) is 11.6 Å². The van der Waals surface area contributed by atoms with Gasteiger partial charge in [-0.1, -0.05) is 12.1 Å². The van der Waals surface area contributed by atoms with Gasteiger partial charge < -0.3 is 15.2 Å². The van der Waals surface area contributed by atoms with Crippen LogP contribution in [0.25, 0.3) is 0 Å². The zero-order valence-corrected chi connectivity index (χ0v) is 11.3. The van der Waals surface area contributed by atoms with Crippen LogP contribution in [0.15, 0.2) is 18.2 Å². The third-order valence-electron chi connectivity index (χ3n) is 2.54. The average molecular weight is 322 g/mol. The van der Waals surface area contributed by atoms with Crippen molar-refractivity contribution in [1.82, 2.24) is 0 Å². The predicted octanol–water partition coefficient (Wildman–Crippen LogP) is 3.32. The molecule has 0 heterocycles. The van der Waals surface area contributed by atoms with E-state index < -0.39 is 23.7 Å². The smallest absolute Gasteiger partial charge is 0.455 e. The second-order valence-corrected chi connectivity index (χ2v) is 3.68. The van der Waals surface area contributed by atoms with Gasteiger partial charge in [-0.15, -0.1) is 12.4 Å². The van der Waals surface area contributed by atoms with Crippen molar-refractivity contribution >= 4 is 12.4 Å². The van der Waals surface area contributed by atoms with Gasteiger partial charge in [-0.25, -0.2) is 0 Å². The molecule has 116 valence electrons. The summed E-state index contributed by atoms with van der Waals surface area (Å²) in [4.78, 5) is 0. The van der Waals surface area contributed by atoms with Gasteiger partial charge in [0.1, 0.15) is 6.04 Å². The summed E-state index contributed by atoms with van der Waals surface area (Å²) in [5.74, 6) is -5.30. The molecule has 3 nitrogen and oxygen atoms in total. The van der Waals surface area contributed by atoms with Crippen molar-refractivity contribution < 1.29 is 31.4 Å². The van der Waals surface area contributed by atoms with E-state index in [4.69, 9.17) is 15.2 Å². The molecule has 2 N–H and O–H groups in total. The zero-order valence-electron chi connectivity index (χ0n) is 10.5. The summed E-state index contributed by atoms with van der Waals surface area (Å²) in [5, 5.41) is 0. The quantitative estimate of drug-likeness (QED) is 0.865. The summed E-state index contributed by atoms with van der Waals surface area (Å²) >= 11 is 0. The van der Waals surface area contributed by atoms with E-state index in [9.17, 15) is 22.0 Å². The van der Waals surface area contributed by atoms with E-state index in [2.05, 4.69) is 0 Å². The largest absolute Gasteiger partial charge is 0.493 e. The highest BCUT2D eigenvalue weighted by molar-refractivity contribution is 5.85. The number of benzene rings is 1. The molecule has 1 atom stereocenters. The first-order valence-corrected chi connectivity index (χ1v) is 5.07. The fraction of sp³-hybridized carbons (Fsp3) is 0.455. The lowest BCUT2D eigenvalue weighted by Gasteiger charge is -2.27. The lowest BCUT2D eigenvalue weighted by atomic mass is 9.99. The van der Waals surface area contributed by atoms with E-state index in [0.717, 1.165) is 13.2 Å². The van der Waals surface area contributed by atoms with Gasteiger partial charge >= 0.3 is 12.1 Å². The molecular weight excluding hydrogens is 309 g/mol. The van der Waals surface area contributed by atoms with Crippen molar-refractivity contribution in [1.29, 1.82) is 0 Å². The van der Waals surface area contributed by atoms with Crippen LogP contribution in [-0.2, 0) is 0 Å². The number of methoxy groups -OCH3 is 2. The summed E-state index contributed by atoms with van der Waals surface area (Å²) in [6, 6.07) is 1.06. The number of ether oxygens (including phenoxy) is 2. The Kier molecular flexibility index (Phi) is 6.03. The number of hydrogen-bond acceptors (Lipinski definition) is 3. The van der Waals surface area contributed by atoms with Gasteiger partial charge in [-0.05, 0) is 6.07 Å². The van der Waals surface area contributed by atoms with Gasteiger partial charge in [0.25, 0.3) is 0 Å². The molecule has 0 fully saturated rings. The summed E-state index contributed by atoms with van der Waals surface area (Å²) in [5.41, 5.74) is 4.57. The molecule has 20 heavy (non-hydrogen) atoms. The van der Waals surface area contributed by atoms with Gasteiger partial charge in [0.15, 0.2) is 11.5 Å². The Bertz CT molecular complexity index is 453. The molecule has 0 amide bonds. The molecule has 1 aromatic carbocycles. The van der Waals surface area contributed by atoms with Crippen molar-refractivity contribution in [2.75, 3.05) is 14.2 Å². The monoisotopic (exact) mass is 321 g/mol. The fourth-order valence-corrected chi connectivity index (χ4v) is 1.53. The van der Waals surface area contributed by atoms with Crippen molar-refractivity contribution in [3.05, 3.63) is 23.8 Å². The van der Waals surface area contributed by atoms with Crippen LogP contribution in [0.3, 0.4) is 0 Å². The lowest BCUT2D eigenvalue weighted by Crippen LogP contribution is -2.45. The minimum atomic E-state index is -5.75. The third-order valence-corrected chi connectivity index (χ3v) is 2.54.